The number of nitrogens with zero attached hydrogens (tertiary/aromatic N) is 2. The molecule has 4 aromatic carbocycles. The van der Waals surface area contributed by atoms with Crippen molar-refractivity contribution in [1.29, 1.82) is 0 Å². The molecule has 0 aliphatic carbocycles. The summed E-state index contributed by atoms with van der Waals surface area (Å²) in [6, 6.07) is 11.7. The van der Waals surface area contributed by atoms with E-state index in [2.05, 4.69) is 44.9 Å². The van der Waals surface area contributed by atoms with Crippen LogP contribution in [0.15, 0.2) is 70.5 Å². The molecule has 4 aliphatic heterocycles. The zero-order chi connectivity index (χ0) is 55.0. The van der Waals surface area contributed by atoms with Gasteiger partial charge in [0.25, 0.3) is 0 Å². The molecule has 4 heterocycles. The number of hydrogen-bond acceptors (Lipinski definition) is 14. The van der Waals surface area contributed by atoms with Crippen molar-refractivity contribution in [2.45, 2.75) is 84.8 Å². The van der Waals surface area contributed by atoms with E-state index in [0.717, 1.165) is 41.0 Å². The highest BCUT2D eigenvalue weighted by Crippen LogP contribution is 2.42. The van der Waals surface area contributed by atoms with Crippen LogP contribution < -0.4 is 45.7 Å². The highest BCUT2D eigenvalue weighted by molar-refractivity contribution is 7.90. The summed E-state index contributed by atoms with van der Waals surface area (Å²) >= 11 is 0. The van der Waals surface area contributed by atoms with Gasteiger partial charge in [0, 0.05) is 104 Å². The molecule has 2 unspecified atom stereocenters. The monoisotopic (exact) mass is 1110 g/mol. The predicted octanol–water partition coefficient (Wildman–Crippen LogP) is 7.72. The van der Waals surface area contributed by atoms with Crippen molar-refractivity contribution < 1.29 is 70.9 Å². The Bertz CT molecular complexity index is 2870. The maximum atomic E-state index is 14.5. The van der Waals surface area contributed by atoms with E-state index in [1.807, 2.05) is 0 Å². The first kappa shape index (κ1) is 57.3. The normalized spacial score (nSPS) is 17.9. The van der Waals surface area contributed by atoms with Gasteiger partial charge in [-0.1, -0.05) is 23.7 Å². The summed E-state index contributed by atoms with van der Waals surface area (Å²) < 4.78 is 178. The van der Waals surface area contributed by atoms with Crippen molar-refractivity contribution in [3.63, 3.8) is 0 Å². The summed E-state index contributed by atoms with van der Waals surface area (Å²) in [5.74, 6) is 10.7. The molecule has 76 heavy (non-hydrogen) atoms. The number of anilines is 6. The van der Waals surface area contributed by atoms with Gasteiger partial charge in [-0.25, -0.2) is 30.8 Å². The fraction of sp³-hybridized carbons (Fsp3) is 0.451. The standard InChI is InChI=1S/C26H29F4N3O4S.C25H28F4N4O4S/c1-36-25-15-20(38(2,34)35)5-6-22(25)31-9-3-4-19-14-21-23(32-18-7-10-37-11-8-18)12-17(27)13-24(21)33(19)16-26(28,29)30;1-36-24-14-19(38(30,34)35)4-5-21(24)31-8-2-3-18-13-20-22(32-17-6-9-37-10-7-17)11-16(26)12-23(20)33(18)15-25(27,28)29/h5-6,12-13,15,18-19,31-32H,7-11,14,16H2,1-2H3;4-5,11-12,14,17-18,31-32H,6-10,13,15H2,1H3,(H2,30,34,35). The third-order valence-corrected chi connectivity index (χ3v) is 14.8. The van der Waals surface area contributed by atoms with Gasteiger partial charge in [-0.05, 0) is 74.2 Å². The van der Waals surface area contributed by atoms with Gasteiger partial charge in [0.15, 0.2) is 9.84 Å². The molecule has 412 valence electrons. The van der Waals surface area contributed by atoms with Crippen LogP contribution in [-0.2, 0) is 42.2 Å². The molecule has 2 atom stereocenters. The second-order valence-corrected chi connectivity index (χ2v) is 21.9. The first-order valence-electron chi connectivity index (χ1n) is 23.9. The molecule has 15 nitrogen and oxygen atoms in total. The molecule has 4 aliphatic rings. The lowest BCUT2D eigenvalue weighted by Gasteiger charge is -2.27. The first-order chi connectivity index (χ1) is 35.9. The molecular formula is C51H57F8N7O8S2. The van der Waals surface area contributed by atoms with Crippen LogP contribution in [0.1, 0.15) is 36.8 Å². The molecule has 0 bridgehead atoms. The number of nitrogens with two attached hydrogens (primary N) is 1. The Morgan fingerprint density at radius 3 is 1.38 bits per heavy atom. The van der Waals surface area contributed by atoms with Crippen LogP contribution in [0.5, 0.6) is 11.5 Å². The van der Waals surface area contributed by atoms with E-state index >= 15 is 0 Å². The third-order valence-electron chi connectivity index (χ3n) is 12.8. The van der Waals surface area contributed by atoms with E-state index in [-0.39, 0.29) is 64.9 Å². The van der Waals surface area contributed by atoms with Crippen LogP contribution in [0.3, 0.4) is 0 Å². The van der Waals surface area contributed by atoms with E-state index in [1.165, 1.54) is 62.8 Å². The lowest BCUT2D eigenvalue weighted by molar-refractivity contribution is -0.120. The number of sulfonamides is 1. The van der Waals surface area contributed by atoms with Gasteiger partial charge in [0.1, 0.15) is 36.2 Å². The van der Waals surface area contributed by atoms with E-state index in [1.54, 1.807) is 0 Å². The number of sulfone groups is 1. The Hall–Kier alpha value is -6.38. The van der Waals surface area contributed by atoms with Gasteiger partial charge in [0.2, 0.25) is 10.0 Å². The van der Waals surface area contributed by atoms with Gasteiger partial charge in [-0.15, -0.1) is 0 Å². The molecule has 25 heteroatoms. The molecule has 0 spiro atoms. The summed E-state index contributed by atoms with van der Waals surface area (Å²) in [7, 11) is -4.59. The zero-order valence-corrected chi connectivity index (χ0v) is 43.2. The van der Waals surface area contributed by atoms with Gasteiger partial charge < -0.3 is 50.0 Å². The van der Waals surface area contributed by atoms with Crippen molar-refractivity contribution in [3.05, 3.63) is 83.4 Å². The SMILES string of the molecule is COc1cc(S(C)(=O)=O)ccc1NCC#CC1Cc2c(NC3CCOCC3)cc(F)cc2N1CC(F)(F)F.COc1cc(S(N)(=O)=O)ccc1NCC#CC1Cc2c(NC3CCOCC3)cc(F)cc2N1CC(F)(F)F. The topological polar surface area (TPSA) is 186 Å². The molecule has 0 saturated carbocycles. The molecule has 0 radical (unpaired) electrons. The molecule has 0 amide bonds. The minimum Gasteiger partial charge on any atom is -0.495 e. The summed E-state index contributed by atoms with van der Waals surface area (Å²) in [4.78, 5) is 2.15. The van der Waals surface area contributed by atoms with Crippen LogP contribution in [0, 0.1) is 35.3 Å². The van der Waals surface area contributed by atoms with E-state index < -0.39 is 69.0 Å². The predicted molar refractivity (Wildman–Crippen MR) is 273 cm³/mol. The summed E-state index contributed by atoms with van der Waals surface area (Å²) in [5.41, 5.74) is 3.43. The van der Waals surface area contributed by atoms with Crippen molar-refractivity contribution in [2.75, 3.05) is 104 Å². The lowest BCUT2D eigenvalue weighted by atomic mass is 10.0. The Morgan fingerprint density at radius 1 is 0.618 bits per heavy atom. The van der Waals surface area contributed by atoms with Crippen LogP contribution >= 0.6 is 0 Å². The molecule has 2 saturated heterocycles. The number of alkyl halides is 6. The van der Waals surface area contributed by atoms with Crippen molar-refractivity contribution >= 4 is 54.0 Å². The second-order valence-electron chi connectivity index (χ2n) is 18.3. The summed E-state index contributed by atoms with van der Waals surface area (Å²) in [6.07, 6.45) is -4.66. The number of fused-ring (bicyclic) bond motifs is 2. The number of rotatable bonds is 14. The number of benzene rings is 4. The molecule has 8 rings (SSSR count). The maximum Gasteiger partial charge on any atom is 0.405 e. The van der Waals surface area contributed by atoms with Crippen molar-refractivity contribution in [2.24, 2.45) is 5.14 Å². The second kappa shape index (κ2) is 24.3. The van der Waals surface area contributed by atoms with Crippen LogP contribution in [0.2, 0.25) is 0 Å². The van der Waals surface area contributed by atoms with Crippen LogP contribution in [0.25, 0.3) is 0 Å². The third kappa shape index (κ3) is 15.4. The van der Waals surface area contributed by atoms with E-state index in [9.17, 15) is 52.0 Å². The minimum atomic E-state index is -4.52. The summed E-state index contributed by atoms with van der Waals surface area (Å²) in [6.45, 7) is -0.153. The fourth-order valence-electron chi connectivity index (χ4n) is 9.20. The Kier molecular flexibility index (Phi) is 18.3. The fourth-order valence-corrected chi connectivity index (χ4v) is 10.4. The molecule has 0 aromatic heterocycles. The van der Waals surface area contributed by atoms with Gasteiger partial charge >= 0.3 is 12.4 Å². The van der Waals surface area contributed by atoms with Gasteiger partial charge in [-0.2, -0.15) is 26.3 Å². The molecule has 2 fully saturated rings. The first-order valence-corrected chi connectivity index (χ1v) is 27.4. The number of primary sulfonamides is 1. The number of halogens is 8. The largest absolute Gasteiger partial charge is 0.495 e. The van der Waals surface area contributed by atoms with Gasteiger partial charge in [-0.3, -0.25) is 0 Å². The number of hydrogen-bond donors (Lipinski definition) is 5. The average molecular weight is 1110 g/mol. The maximum absolute atomic E-state index is 14.5. The van der Waals surface area contributed by atoms with Crippen molar-refractivity contribution in [1.82, 2.24) is 0 Å². The highest BCUT2D eigenvalue weighted by atomic mass is 32.2. The molecular weight excluding hydrogens is 1050 g/mol. The smallest absolute Gasteiger partial charge is 0.405 e. The zero-order valence-electron chi connectivity index (χ0n) is 41.6. The molecule has 6 N–H and O–H groups in total. The van der Waals surface area contributed by atoms with E-state index in [0.29, 0.717) is 78.9 Å². The number of methoxy groups -OCH3 is 2. The quantitative estimate of drug-likeness (QED) is 0.0611. The lowest BCUT2D eigenvalue weighted by Crippen LogP contribution is -2.39. The number of ether oxygens (including phenoxy) is 4. The minimum absolute atomic E-state index is 0.0377. The van der Waals surface area contributed by atoms with Crippen LogP contribution in [-0.4, -0.2) is 126 Å². The highest BCUT2D eigenvalue weighted by Gasteiger charge is 2.41. The molecule has 4 aromatic rings. The number of nitrogens with one attached hydrogen (secondary N) is 4. The Balaban J connectivity index is 0.000000221. The Morgan fingerprint density at radius 2 is 1.01 bits per heavy atom. The Labute approximate surface area is 436 Å². The van der Waals surface area contributed by atoms with Gasteiger partial charge in [0.05, 0.1) is 60.6 Å². The van der Waals surface area contributed by atoms with E-state index in [4.69, 9.17) is 24.1 Å². The summed E-state index contributed by atoms with van der Waals surface area (Å²) in [5, 5.41) is 17.7. The van der Waals surface area contributed by atoms with Crippen molar-refractivity contribution in [3.8, 4) is 35.2 Å². The van der Waals surface area contributed by atoms with Crippen LogP contribution in [0.4, 0.5) is 69.2 Å². The average Bonchev–Trinajstić information content (AvgIpc) is 3.86.